The minimum atomic E-state index is 0.538. The summed E-state index contributed by atoms with van der Waals surface area (Å²) in [7, 11) is 0. The normalized spacial score (nSPS) is 10.7. The Labute approximate surface area is 128 Å². The highest BCUT2D eigenvalue weighted by Gasteiger charge is 2.01. The van der Waals surface area contributed by atoms with Gasteiger partial charge in [-0.25, -0.2) is 0 Å². The zero-order valence-corrected chi connectivity index (χ0v) is 13.4. The molecule has 0 radical (unpaired) electrons. The van der Waals surface area contributed by atoms with Crippen LogP contribution in [0.15, 0.2) is 42.5 Å². The highest BCUT2D eigenvalue weighted by molar-refractivity contribution is 5.49. The lowest BCUT2D eigenvalue weighted by atomic mass is 10.1. The Kier molecular flexibility index (Phi) is 5.26. The molecule has 0 unspecified atom stereocenters. The molecule has 21 heavy (non-hydrogen) atoms. The van der Waals surface area contributed by atoms with Gasteiger partial charge in [-0.2, -0.15) is 0 Å². The molecule has 0 heterocycles. The predicted octanol–water partition coefficient (Wildman–Crippen LogP) is 4.95. The number of aryl methyl sites for hydroxylation is 2. The second kappa shape index (κ2) is 7.16. The predicted molar refractivity (Wildman–Crippen MR) is 90.0 cm³/mol. The van der Waals surface area contributed by atoms with E-state index in [2.05, 4.69) is 63.3 Å². The van der Waals surface area contributed by atoms with Gasteiger partial charge in [0.05, 0.1) is 6.61 Å². The molecule has 1 N–H and O–H groups in total. The van der Waals surface area contributed by atoms with Gasteiger partial charge in [-0.3, -0.25) is 0 Å². The second-order valence-corrected chi connectivity index (χ2v) is 6.02. The number of ether oxygens (including phenoxy) is 1. The van der Waals surface area contributed by atoms with Gasteiger partial charge < -0.3 is 10.1 Å². The minimum absolute atomic E-state index is 0.538. The van der Waals surface area contributed by atoms with Crippen LogP contribution < -0.4 is 10.1 Å². The van der Waals surface area contributed by atoms with Crippen molar-refractivity contribution in [2.24, 2.45) is 5.92 Å². The molecule has 0 aliphatic carbocycles. The van der Waals surface area contributed by atoms with E-state index in [1.54, 1.807) is 0 Å². The molecule has 0 aliphatic rings. The quantitative estimate of drug-likeness (QED) is 0.810. The molecule has 2 nitrogen and oxygen atoms in total. The Balaban J connectivity index is 1.99. The van der Waals surface area contributed by atoms with Crippen LogP contribution in [0.1, 0.15) is 30.5 Å². The summed E-state index contributed by atoms with van der Waals surface area (Å²) < 4.78 is 5.76. The van der Waals surface area contributed by atoms with Gasteiger partial charge in [0.1, 0.15) is 5.75 Å². The summed E-state index contributed by atoms with van der Waals surface area (Å²) in [4.78, 5) is 0. The molecule has 0 aliphatic heterocycles. The van der Waals surface area contributed by atoms with Crippen LogP contribution in [0, 0.1) is 19.8 Å². The van der Waals surface area contributed by atoms with Gasteiger partial charge in [0.2, 0.25) is 0 Å². The number of hydrogen-bond acceptors (Lipinski definition) is 2. The van der Waals surface area contributed by atoms with Crippen molar-refractivity contribution in [3.63, 3.8) is 0 Å². The van der Waals surface area contributed by atoms with E-state index in [1.807, 2.05) is 12.1 Å². The van der Waals surface area contributed by atoms with Crippen LogP contribution in [0.4, 0.5) is 5.69 Å². The number of anilines is 1. The standard InChI is InChI=1S/C19H25NO/c1-14(2)13-21-19-7-5-6-18(11-19)20-12-17-10-15(3)8-9-16(17)4/h5-11,14,20H,12-13H2,1-4H3. The van der Waals surface area contributed by atoms with Crippen molar-refractivity contribution < 1.29 is 4.74 Å². The van der Waals surface area contributed by atoms with Gasteiger partial charge in [-0.15, -0.1) is 0 Å². The monoisotopic (exact) mass is 283 g/mol. The van der Waals surface area contributed by atoms with Crippen molar-refractivity contribution >= 4 is 5.69 Å². The molecule has 2 heteroatoms. The van der Waals surface area contributed by atoms with Gasteiger partial charge >= 0.3 is 0 Å². The van der Waals surface area contributed by atoms with Gasteiger partial charge in [0, 0.05) is 18.3 Å². The Bertz CT molecular complexity index is 590. The Hall–Kier alpha value is -1.96. The lowest BCUT2D eigenvalue weighted by molar-refractivity contribution is 0.271. The third-order valence-electron chi connectivity index (χ3n) is 3.40. The molecule has 0 aromatic heterocycles. The molecular formula is C19H25NO. The summed E-state index contributed by atoms with van der Waals surface area (Å²) in [6.07, 6.45) is 0. The van der Waals surface area contributed by atoms with Crippen molar-refractivity contribution in [1.82, 2.24) is 0 Å². The van der Waals surface area contributed by atoms with Gasteiger partial charge in [-0.1, -0.05) is 43.7 Å². The summed E-state index contributed by atoms with van der Waals surface area (Å²) >= 11 is 0. The molecule has 2 aromatic carbocycles. The summed E-state index contributed by atoms with van der Waals surface area (Å²) in [5.41, 5.74) is 5.05. The van der Waals surface area contributed by atoms with Crippen LogP contribution in [-0.2, 0) is 6.54 Å². The molecule has 2 aromatic rings. The summed E-state index contributed by atoms with van der Waals surface area (Å²) in [5, 5.41) is 3.48. The fourth-order valence-electron chi connectivity index (χ4n) is 2.15. The van der Waals surface area contributed by atoms with Crippen LogP contribution in [0.25, 0.3) is 0 Å². The van der Waals surface area contributed by atoms with Crippen LogP contribution in [0.2, 0.25) is 0 Å². The van der Waals surface area contributed by atoms with Crippen LogP contribution in [0.5, 0.6) is 5.75 Å². The minimum Gasteiger partial charge on any atom is -0.493 e. The Morgan fingerprint density at radius 1 is 1.05 bits per heavy atom. The van der Waals surface area contributed by atoms with E-state index in [4.69, 9.17) is 4.74 Å². The molecule has 0 spiro atoms. The molecule has 0 amide bonds. The highest BCUT2D eigenvalue weighted by Crippen LogP contribution is 2.19. The average Bonchev–Trinajstić information content (AvgIpc) is 2.46. The summed E-state index contributed by atoms with van der Waals surface area (Å²) in [5.74, 6) is 1.46. The van der Waals surface area contributed by atoms with Gasteiger partial charge in [0.15, 0.2) is 0 Å². The van der Waals surface area contributed by atoms with Gasteiger partial charge in [0.25, 0.3) is 0 Å². The van der Waals surface area contributed by atoms with Crippen molar-refractivity contribution in [3.8, 4) is 5.75 Å². The Morgan fingerprint density at radius 3 is 2.62 bits per heavy atom. The smallest absolute Gasteiger partial charge is 0.121 e. The number of rotatable bonds is 6. The highest BCUT2D eigenvalue weighted by atomic mass is 16.5. The van der Waals surface area contributed by atoms with Crippen LogP contribution in [-0.4, -0.2) is 6.61 Å². The topological polar surface area (TPSA) is 21.3 Å². The Morgan fingerprint density at radius 2 is 1.86 bits per heavy atom. The molecule has 2 rings (SSSR count). The maximum atomic E-state index is 5.76. The zero-order chi connectivity index (χ0) is 15.2. The number of hydrogen-bond donors (Lipinski definition) is 1. The molecule has 0 saturated heterocycles. The lowest BCUT2D eigenvalue weighted by Gasteiger charge is -2.12. The molecule has 0 saturated carbocycles. The van der Waals surface area contributed by atoms with Crippen molar-refractivity contribution in [2.75, 3.05) is 11.9 Å². The SMILES string of the molecule is Cc1ccc(C)c(CNc2cccc(OCC(C)C)c2)c1. The van der Waals surface area contributed by atoms with E-state index in [0.717, 1.165) is 24.6 Å². The maximum absolute atomic E-state index is 5.76. The van der Waals surface area contributed by atoms with Crippen molar-refractivity contribution in [2.45, 2.75) is 34.2 Å². The first-order valence-electron chi connectivity index (χ1n) is 7.57. The fourth-order valence-corrected chi connectivity index (χ4v) is 2.15. The van der Waals surface area contributed by atoms with Crippen LogP contribution in [0.3, 0.4) is 0 Å². The third kappa shape index (κ3) is 4.82. The van der Waals surface area contributed by atoms with Crippen molar-refractivity contribution in [1.29, 1.82) is 0 Å². The maximum Gasteiger partial charge on any atom is 0.121 e. The average molecular weight is 283 g/mol. The van der Waals surface area contributed by atoms with Crippen molar-refractivity contribution in [3.05, 3.63) is 59.2 Å². The largest absolute Gasteiger partial charge is 0.493 e. The number of benzene rings is 2. The zero-order valence-electron chi connectivity index (χ0n) is 13.4. The molecule has 112 valence electrons. The van der Waals surface area contributed by atoms with Gasteiger partial charge in [-0.05, 0) is 43.0 Å². The molecule has 0 bridgehead atoms. The lowest BCUT2D eigenvalue weighted by Crippen LogP contribution is -2.05. The van der Waals surface area contributed by atoms with E-state index in [-0.39, 0.29) is 0 Å². The summed E-state index contributed by atoms with van der Waals surface area (Å²) in [6, 6.07) is 14.7. The first kappa shape index (κ1) is 15.4. The van der Waals surface area contributed by atoms with E-state index < -0.39 is 0 Å². The molecule has 0 fully saturated rings. The third-order valence-corrected chi connectivity index (χ3v) is 3.40. The second-order valence-electron chi connectivity index (χ2n) is 6.02. The summed E-state index contributed by atoms with van der Waals surface area (Å²) in [6.45, 7) is 10.2. The van der Waals surface area contributed by atoms with E-state index in [0.29, 0.717) is 5.92 Å². The molecule has 0 atom stereocenters. The van der Waals surface area contributed by atoms with E-state index >= 15 is 0 Å². The number of nitrogens with one attached hydrogen (secondary N) is 1. The first-order chi connectivity index (χ1) is 10.0. The fraction of sp³-hybridized carbons (Fsp3) is 0.368. The molecular weight excluding hydrogens is 258 g/mol. The van der Waals surface area contributed by atoms with E-state index in [9.17, 15) is 0 Å². The first-order valence-corrected chi connectivity index (χ1v) is 7.57. The van der Waals surface area contributed by atoms with E-state index in [1.165, 1.54) is 16.7 Å². The van der Waals surface area contributed by atoms with Crippen LogP contribution >= 0.6 is 0 Å².